The zero-order valence-corrected chi connectivity index (χ0v) is 5.61. The average Bonchev–Trinajstić information content (AvgIpc) is 1.81. The summed E-state index contributed by atoms with van der Waals surface area (Å²) in [4.78, 5) is 10.9. The van der Waals surface area contributed by atoms with Crippen LogP contribution in [0, 0.1) is 0 Å². The lowest BCUT2D eigenvalue weighted by Crippen LogP contribution is -2.57. The maximum atomic E-state index is 10.9. The van der Waals surface area contributed by atoms with E-state index in [0.29, 0.717) is 0 Å². The molecule has 0 unspecified atom stereocenters. The summed E-state index contributed by atoms with van der Waals surface area (Å²) >= 11 is 0. The average molecular weight is 128 g/mol. The van der Waals surface area contributed by atoms with Crippen molar-refractivity contribution in [1.29, 1.82) is 0 Å². The largest absolute Gasteiger partial charge is 0.358 e. The quantitative estimate of drug-likeness (QED) is 0.505. The van der Waals surface area contributed by atoms with Crippen LogP contribution in [0.2, 0.25) is 0 Å². The van der Waals surface area contributed by atoms with Gasteiger partial charge in [-0.2, -0.15) is 0 Å². The van der Waals surface area contributed by atoms with E-state index in [1.54, 1.807) is 7.05 Å². The van der Waals surface area contributed by atoms with E-state index in [1.807, 2.05) is 0 Å². The first-order chi connectivity index (χ1) is 4.19. The maximum absolute atomic E-state index is 10.9. The van der Waals surface area contributed by atoms with Crippen LogP contribution in [0.4, 0.5) is 0 Å². The SMILES string of the molecule is CNC(=O)C1(N)CCC1. The Morgan fingerprint density at radius 2 is 2.22 bits per heavy atom. The van der Waals surface area contributed by atoms with Gasteiger partial charge in [0.25, 0.3) is 0 Å². The lowest BCUT2D eigenvalue weighted by atomic mass is 9.77. The first-order valence-corrected chi connectivity index (χ1v) is 3.20. The molecule has 0 aromatic carbocycles. The number of carbonyl (C=O) groups is 1. The number of hydrogen-bond donors (Lipinski definition) is 2. The molecule has 0 saturated heterocycles. The third-order valence-corrected chi connectivity index (χ3v) is 1.93. The molecule has 1 aliphatic rings. The van der Waals surface area contributed by atoms with E-state index in [-0.39, 0.29) is 5.91 Å². The zero-order chi connectivity index (χ0) is 6.91. The molecule has 52 valence electrons. The van der Waals surface area contributed by atoms with Gasteiger partial charge in [0.2, 0.25) is 5.91 Å². The molecule has 0 aromatic heterocycles. The predicted octanol–water partition coefficient (Wildman–Crippen LogP) is -0.386. The fourth-order valence-electron chi connectivity index (χ4n) is 1.03. The van der Waals surface area contributed by atoms with Crippen molar-refractivity contribution in [2.75, 3.05) is 7.05 Å². The molecule has 0 bridgehead atoms. The van der Waals surface area contributed by atoms with Crippen LogP contribution in [0.5, 0.6) is 0 Å². The van der Waals surface area contributed by atoms with Crippen LogP contribution < -0.4 is 11.1 Å². The van der Waals surface area contributed by atoms with Crippen LogP contribution in [-0.2, 0) is 4.79 Å². The van der Waals surface area contributed by atoms with Gasteiger partial charge in [-0.05, 0) is 19.3 Å². The topological polar surface area (TPSA) is 55.1 Å². The summed E-state index contributed by atoms with van der Waals surface area (Å²) in [7, 11) is 1.62. The molecule has 3 nitrogen and oxygen atoms in total. The number of likely N-dealkylation sites (N-methyl/N-ethyl adjacent to an activating group) is 1. The van der Waals surface area contributed by atoms with Crippen LogP contribution in [0.15, 0.2) is 0 Å². The van der Waals surface area contributed by atoms with E-state index < -0.39 is 5.54 Å². The summed E-state index contributed by atoms with van der Waals surface area (Å²) < 4.78 is 0. The van der Waals surface area contributed by atoms with Crippen molar-refractivity contribution < 1.29 is 4.79 Å². The number of amides is 1. The van der Waals surface area contributed by atoms with Gasteiger partial charge in [0.05, 0.1) is 5.54 Å². The second-order valence-electron chi connectivity index (χ2n) is 2.59. The molecule has 3 N–H and O–H groups in total. The van der Waals surface area contributed by atoms with E-state index in [9.17, 15) is 4.79 Å². The molecule has 1 amide bonds. The lowest BCUT2D eigenvalue weighted by molar-refractivity contribution is -0.128. The summed E-state index contributed by atoms with van der Waals surface area (Å²) in [6, 6.07) is 0. The van der Waals surface area contributed by atoms with Crippen molar-refractivity contribution in [2.45, 2.75) is 24.8 Å². The normalized spacial score (nSPS) is 22.4. The van der Waals surface area contributed by atoms with Crippen molar-refractivity contribution >= 4 is 5.91 Å². The summed E-state index contributed by atoms with van der Waals surface area (Å²) in [5.74, 6) is -0.0197. The minimum absolute atomic E-state index is 0.0197. The molecule has 1 fully saturated rings. The van der Waals surface area contributed by atoms with Crippen molar-refractivity contribution in [1.82, 2.24) is 5.32 Å². The van der Waals surface area contributed by atoms with E-state index in [2.05, 4.69) is 5.32 Å². The summed E-state index contributed by atoms with van der Waals surface area (Å²) in [6.45, 7) is 0. The smallest absolute Gasteiger partial charge is 0.239 e. The standard InChI is InChI=1S/C6H12N2O/c1-8-5(9)6(7)3-2-4-6/h2-4,7H2,1H3,(H,8,9). The van der Waals surface area contributed by atoms with Crippen molar-refractivity contribution in [3.63, 3.8) is 0 Å². The first-order valence-electron chi connectivity index (χ1n) is 3.20. The van der Waals surface area contributed by atoms with Gasteiger partial charge in [0.1, 0.15) is 0 Å². The summed E-state index contributed by atoms with van der Waals surface area (Å²) in [5.41, 5.74) is 5.13. The van der Waals surface area contributed by atoms with Gasteiger partial charge in [-0.3, -0.25) is 4.79 Å². The highest BCUT2D eigenvalue weighted by atomic mass is 16.2. The highest BCUT2D eigenvalue weighted by molar-refractivity contribution is 5.86. The Balaban J connectivity index is 2.49. The molecule has 0 atom stereocenters. The van der Waals surface area contributed by atoms with Gasteiger partial charge in [0.15, 0.2) is 0 Å². The molecule has 1 saturated carbocycles. The van der Waals surface area contributed by atoms with Crippen molar-refractivity contribution in [3.8, 4) is 0 Å². The summed E-state index contributed by atoms with van der Waals surface area (Å²) in [6.07, 6.45) is 2.77. The number of carbonyl (C=O) groups excluding carboxylic acids is 1. The maximum Gasteiger partial charge on any atom is 0.239 e. The van der Waals surface area contributed by atoms with Gasteiger partial charge in [-0.25, -0.2) is 0 Å². The fraction of sp³-hybridized carbons (Fsp3) is 0.833. The highest BCUT2D eigenvalue weighted by Crippen LogP contribution is 2.28. The van der Waals surface area contributed by atoms with E-state index >= 15 is 0 Å². The third-order valence-electron chi connectivity index (χ3n) is 1.93. The molecule has 0 spiro atoms. The Kier molecular flexibility index (Phi) is 1.45. The van der Waals surface area contributed by atoms with Crippen molar-refractivity contribution in [3.05, 3.63) is 0 Å². The first kappa shape index (κ1) is 6.55. The molecular formula is C6H12N2O. The molecular weight excluding hydrogens is 116 g/mol. The highest BCUT2D eigenvalue weighted by Gasteiger charge is 2.39. The Morgan fingerprint density at radius 1 is 1.67 bits per heavy atom. The van der Waals surface area contributed by atoms with Crippen LogP contribution in [0.3, 0.4) is 0 Å². The van der Waals surface area contributed by atoms with Gasteiger partial charge in [0, 0.05) is 7.05 Å². The Labute approximate surface area is 54.6 Å². The minimum atomic E-state index is -0.519. The number of rotatable bonds is 1. The van der Waals surface area contributed by atoms with Gasteiger partial charge in [-0.1, -0.05) is 0 Å². The van der Waals surface area contributed by atoms with Crippen LogP contribution in [0.25, 0.3) is 0 Å². The Morgan fingerprint density at radius 3 is 2.33 bits per heavy atom. The van der Waals surface area contributed by atoms with E-state index in [0.717, 1.165) is 19.3 Å². The van der Waals surface area contributed by atoms with Gasteiger partial charge >= 0.3 is 0 Å². The molecule has 9 heavy (non-hydrogen) atoms. The Bertz CT molecular complexity index is 129. The molecule has 0 radical (unpaired) electrons. The van der Waals surface area contributed by atoms with E-state index in [1.165, 1.54) is 0 Å². The van der Waals surface area contributed by atoms with Crippen molar-refractivity contribution in [2.24, 2.45) is 5.73 Å². The minimum Gasteiger partial charge on any atom is -0.358 e. The number of nitrogens with one attached hydrogen (secondary N) is 1. The molecule has 1 rings (SSSR count). The predicted molar refractivity (Wildman–Crippen MR) is 34.8 cm³/mol. The second kappa shape index (κ2) is 1.99. The fourth-order valence-corrected chi connectivity index (χ4v) is 1.03. The number of hydrogen-bond acceptors (Lipinski definition) is 2. The van der Waals surface area contributed by atoms with Crippen LogP contribution in [-0.4, -0.2) is 18.5 Å². The zero-order valence-electron chi connectivity index (χ0n) is 5.61. The third kappa shape index (κ3) is 0.920. The molecule has 0 heterocycles. The number of nitrogens with two attached hydrogens (primary N) is 1. The second-order valence-corrected chi connectivity index (χ2v) is 2.59. The van der Waals surface area contributed by atoms with Gasteiger partial charge in [-0.15, -0.1) is 0 Å². The monoisotopic (exact) mass is 128 g/mol. The van der Waals surface area contributed by atoms with Gasteiger partial charge < -0.3 is 11.1 Å². The van der Waals surface area contributed by atoms with Crippen LogP contribution in [0.1, 0.15) is 19.3 Å². The molecule has 1 aliphatic carbocycles. The summed E-state index contributed by atoms with van der Waals surface area (Å²) in [5, 5.41) is 2.54. The Hall–Kier alpha value is -0.570. The molecule has 3 heteroatoms. The molecule has 0 aromatic rings. The lowest BCUT2D eigenvalue weighted by Gasteiger charge is -2.35. The van der Waals surface area contributed by atoms with E-state index in [4.69, 9.17) is 5.73 Å². The molecule has 0 aliphatic heterocycles. The van der Waals surface area contributed by atoms with Crippen LogP contribution >= 0.6 is 0 Å².